The number of rotatable bonds is 2. The average molecular weight is 176 g/mol. The van der Waals surface area contributed by atoms with Crippen molar-refractivity contribution in [2.75, 3.05) is 0 Å². The van der Waals surface area contributed by atoms with Gasteiger partial charge in [0.25, 0.3) is 0 Å². The summed E-state index contributed by atoms with van der Waals surface area (Å²) in [5.74, 6) is 1.77. The van der Waals surface area contributed by atoms with E-state index in [0.717, 1.165) is 11.5 Å². The van der Waals surface area contributed by atoms with Crippen LogP contribution in [-0.4, -0.2) is 16.3 Å². The minimum atomic E-state index is 0.322. The van der Waals surface area contributed by atoms with Gasteiger partial charge >= 0.3 is 0 Å². The molecule has 0 saturated carbocycles. The van der Waals surface area contributed by atoms with E-state index in [-0.39, 0.29) is 0 Å². The second-order valence-electron chi connectivity index (χ2n) is 2.70. The SMILES string of the molecule is Cc1ncc(-c2ccc(C=O)o2)[nH]1. The van der Waals surface area contributed by atoms with E-state index in [9.17, 15) is 4.79 Å². The standard InChI is InChI=1S/C9H8N2O2/c1-6-10-4-8(11-6)9-3-2-7(5-12)13-9/h2-5H,1H3,(H,10,11). The number of aromatic amines is 1. The fourth-order valence-corrected chi connectivity index (χ4v) is 1.11. The summed E-state index contributed by atoms with van der Waals surface area (Å²) in [7, 11) is 0. The van der Waals surface area contributed by atoms with Gasteiger partial charge in [-0.2, -0.15) is 0 Å². The molecule has 0 bridgehead atoms. The molecule has 1 N–H and O–H groups in total. The summed E-state index contributed by atoms with van der Waals surface area (Å²) in [5, 5.41) is 0. The van der Waals surface area contributed by atoms with Gasteiger partial charge in [0.2, 0.25) is 0 Å². The highest BCUT2D eigenvalue weighted by Crippen LogP contribution is 2.18. The minimum Gasteiger partial charge on any atom is -0.452 e. The normalized spacial score (nSPS) is 10.2. The van der Waals surface area contributed by atoms with E-state index in [0.29, 0.717) is 17.8 Å². The summed E-state index contributed by atoms with van der Waals surface area (Å²) in [6.07, 6.45) is 2.34. The fourth-order valence-electron chi connectivity index (χ4n) is 1.11. The van der Waals surface area contributed by atoms with E-state index >= 15 is 0 Å². The Balaban J connectivity index is 2.40. The van der Waals surface area contributed by atoms with Crippen LogP contribution in [-0.2, 0) is 0 Å². The monoisotopic (exact) mass is 176 g/mol. The highest BCUT2D eigenvalue weighted by Gasteiger charge is 2.05. The van der Waals surface area contributed by atoms with Crippen molar-refractivity contribution in [3.8, 4) is 11.5 Å². The molecule has 0 aromatic carbocycles. The molecule has 0 saturated heterocycles. The first-order valence-corrected chi connectivity index (χ1v) is 3.86. The van der Waals surface area contributed by atoms with Crippen LogP contribution in [0.15, 0.2) is 22.7 Å². The van der Waals surface area contributed by atoms with Crippen LogP contribution < -0.4 is 0 Å². The van der Waals surface area contributed by atoms with Crippen LogP contribution in [0.2, 0.25) is 0 Å². The van der Waals surface area contributed by atoms with E-state index in [1.54, 1.807) is 18.3 Å². The number of carbonyl (C=O) groups is 1. The number of furan rings is 1. The van der Waals surface area contributed by atoms with E-state index in [4.69, 9.17) is 4.42 Å². The number of aryl methyl sites for hydroxylation is 1. The lowest BCUT2D eigenvalue weighted by molar-refractivity contribution is 0.110. The van der Waals surface area contributed by atoms with Gasteiger partial charge in [-0.1, -0.05) is 0 Å². The molecule has 0 amide bonds. The van der Waals surface area contributed by atoms with Gasteiger partial charge in [-0.05, 0) is 19.1 Å². The molecule has 0 aliphatic carbocycles. The Labute approximate surface area is 74.6 Å². The van der Waals surface area contributed by atoms with E-state index < -0.39 is 0 Å². The predicted octanol–water partition coefficient (Wildman–Crippen LogP) is 1.79. The van der Waals surface area contributed by atoms with E-state index in [2.05, 4.69) is 9.97 Å². The van der Waals surface area contributed by atoms with E-state index in [1.165, 1.54) is 0 Å². The first-order valence-electron chi connectivity index (χ1n) is 3.86. The maximum atomic E-state index is 10.3. The van der Waals surface area contributed by atoms with Crippen LogP contribution in [0, 0.1) is 6.92 Å². The second kappa shape index (κ2) is 2.90. The molecule has 0 unspecified atom stereocenters. The molecule has 2 aromatic heterocycles. The zero-order valence-corrected chi connectivity index (χ0v) is 7.07. The molecular weight excluding hydrogens is 168 g/mol. The Hall–Kier alpha value is -1.84. The number of aromatic nitrogens is 2. The van der Waals surface area contributed by atoms with Gasteiger partial charge < -0.3 is 9.40 Å². The summed E-state index contributed by atoms with van der Waals surface area (Å²) in [6.45, 7) is 1.85. The number of nitrogens with one attached hydrogen (secondary N) is 1. The third-order valence-corrected chi connectivity index (χ3v) is 1.71. The molecule has 0 fully saturated rings. The lowest BCUT2D eigenvalue weighted by Crippen LogP contribution is -1.74. The van der Waals surface area contributed by atoms with Crippen LogP contribution in [0.1, 0.15) is 16.4 Å². The maximum absolute atomic E-state index is 10.3. The summed E-state index contributed by atoms with van der Waals surface area (Å²) in [4.78, 5) is 17.4. The molecule has 0 aliphatic rings. The quantitative estimate of drug-likeness (QED) is 0.709. The Morgan fingerprint density at radius 1 is 1.54 bits per heavy atom. The molecule has 2 rings (SSSR count). The number of nitrogens with zero attached hydrogens (tertiary/aromatic N) is 1. The second-order valence-corrected chi connectivity index (χ2v) is 2.70. The molecule has 0 atom stereocenters. The Bertz CT molecular complexity index is 428. The molecule has 4 heteroatoms. The highest BCUT2D eigenvalue weighted by atomic mass is 16.3. The first-order chi connectivity index (χ1) is 6.29. The molecule has 0 radical (unpaired) electrons. The van der Waals surface area contributed by atoms with Crippen LogP contribution in [0.3, 0.4) is 0 Å². The van der Waals surface area contributed by atoms with Gasteiger partial charge in [-0.15, -0.1) is 0 Å². The molecule has 2 aromatic rings. The lowest BCUT2D eigenvalue weighted by Gasteiger charge is -1.88. The van der Waals surface area contributed by atoms with E-state index in [1.807, 2.05) is 6.92 Å². The van der Waals surface area contributed by atoms with Crippen molar-refractivity contribution in [1.29, 1.82) is 0 Å². The Morgan fingerprint density at radius 2 is 2.38 bits per heavy atom. The lowest BCUT2D eigenvalue weighted by atomic mass is 10.3. The molecule has 0 spiro atoms. The Morgan fingerprint density at radius 3 is 2.92 bits per heavy atom. The number of hydrogen-bond donors (Lipinski definition) is 1. The van der Waals surface area contributed by atoms with Crippen LogP contribution in [0.4, 0.5) is 0 Å². The van der Waals surface area contributed by atoms with Crippen molar-refractivity contribution >= 4 is 6.29 Å². The highest BCUT2D eigenvalue weighted by molar-refractivity contribution is 5.72. The van der Waals surface area contributed by atoms with Crippen molar-refractivity contribution < 1.29 is 9.21 Å². The summed E-state index contributed by atoms with van der Waals surface area (Å²) < 4.78 is 5.19. The predicted molar refractivity (Wildman–Crippen MR) is 46.4 cm³/mol. The van der Waals surface area contributed by atoms with Crippen molar-refractivity contribution in [3.63, 3.8) is 0 Å². The largest absolute Gasteiger partial charge is 0.452 e. The molecule has 0 aliphatic heterocycles. The smallest absolute Gasteiger partial charge is 0.185 e. The minimum absolute atomic E-state index is 0.322. The molecule has 4 nitrogen and oxygen atoms in total. The molecule has 2 heterocycles. The number of aldehydes is 1. The van der Waals surface area contributed by atoms with Crippen molar-refractivity contribution in [1.82, 2.24) is 9.97 Å². The summed E-state index contributed by atoms with van der Waals surface area (Å²) in [5.41, 5.74) is 0.783. The van der Waals surface area contributed by atoms with Crippen LogP contribution >= 0.6 is 0 Å². The van der Waals surface area contributed by atoms with Gasteiger partial charge in [-0.3, -0.25) is 4.79 Å². The van der Waals surface area contributed by atoms with Crippen molar-refractivity contribution in [2.45, 2.75) is 6.92 Å². The number of hydrogen-bond acceptors (Lipinski definition) is 3. The molecule has 13 heavy (non-hydrogen) atoms. The zero-order chi connectivity index (χ0) is 9.26. The third-order valence-electron chi connectivity index (χ3n) is 1.71. The van der Waals surface area contributed by atoms with Gasteiger partial charge in [0.15, 0.2) is 17.8 Å². The van der Waals surface area contributed by atoms with Gasteiger partial charge in [0, 0.05) is 0 Å². The Kier molecular flexibility index (Phi) is 1.73. The average Bonchev–Trinajstić information content (AvgIpc) is 2.71. The van der Waals surface area contributed by atoms with Gasteiger partial charge in [-0.25, -0.2) is 4.98 Å². The number of H-pyrrole nitrogens is 1. The maximum Gasteiger partial charge on any atom is 0.185 e. The number of carbonyl (C=O) groups excluding carboxylic acids is 1. The van der Waals surface area contributed by atoms with Crippen LogP contribution in [0.5, 0.6) is 0 Å². The topological polar surface area (TPSA) is 58.9 Å². The number of imidazole rings is 1. The van der Waals surface area contributed by atoms with Gasteiger partial charge in [0.1, 0.15) is 11.5 Å². The van der Waals surface area contributed by atoms with Gasteiger partial charge in [0.05, 0.1) is 6.20 Å². The fraction of sp³-hybridized carbons (Fsp3) is 0.111. The van der Waals surface area contributed by atoms with Crippen molar-refractivity contribution in [3.05, 3.63) is 29.9 Å². The zero-order valence-electron chi connectivity index (χ0n) is 7.07. The summed E-state index contributed by atoms with van der Waals surface area (Å²) in [6, 6.07) is 3.36. The molecule has 66 valence electrons. The molecular formula is C9H8N2O2. The summed E-state index contributed by atoms with van der Waals surface area (Å²) >= 11 is 0. The third kappa shape index (κ3) is 1.38. The van der Waals surface area contributed by atoms with Crippen LogP contribution in [0.25, 0.3) is 11.5 Å². The van der Waals surface area contributed by atoms with Crippen molar-refractivity contribution in [2.24, 2.45) is 0 Å². The first kappa shape index (κ1) is 7.79.